The maximum absolute atomic E-state index is 12.1. The Morgan fingerprint density at radius 2 is 2.17 bits per heavy atom. The molecule has 0 unspecified atom stereocenters. The highest BCUT2D eigenvalue weighted by Crippen LogP contribution is 2.27. The zero-order valence-electron chi connectivity index (χ0n) is 10.3. The van der Waals surface area contributed by atoms with Crippen molar-refractivity contribution in [2.75, 3.05) is 5.32 Å². The Morgan fingerprint density at radius 1 is 1.39 bits per heavy atom. The lowest BCUT2D eigenvalue weighted by Crippen LogP contribution is -2.10. The van der Waals surface area contributed by atoms with Crippen LogP contribution in [0.2, 0.25) is 0 Å². The molecule has 1 aromatic heterocycles. The molecule has 0 saturated heterocycles. The number of benzene rings is 1. The van der Waals surface area contributed by atoms with Crippen molar-refractivity contribution in [2.24, 2.45) is 0 Å². The molecule has 1 N–H and O–H groups in total. The van der Waals surface area contributed by atoms with E-state index < -0.39 is 0 Å². The summed E-state index contributed by atoms with van der Waals surface area (Å²) in [6, 6.07) is 9.83. The van der Waals surface area contributed by atoms with Crippen LogP contribution in [0.5, 0.6) is 0 Å². The number of hydrogen-bond donors (Lipinski definition) is 1. The number of amides is 1. The summed E-state index contributed by atoms with van der Waals surface area (Å²) in [5.41, 5.74) is 3.16. The third-order valence-electron chi connectivity index (χ3n) is 2.67. The second-order valence-corrected chi connectivity index (χ2v) is 6.45. The fourth-order valence-corrected chi connectivity index (χ4v) is 3.06. The Morgan fingerprint density at radius 3 is 2.78 bits per heavy atom. The topological polar surface area (TPSA) is 29.1 Å². The maximum Gasteiger partial charge on any atom is 0.265 e. The van der Waals surface area contributed by atoms with Crippen LogP contribution >= 0.6 is 27.3 Å². The van der Waals surface area contributed by atoms with Gasteiger partial charge in [-0.05, 0) is 58.6 Å². The van der Waals surface area contributed by atoms with E-state index in [0.717, 1.165) is 26.3 Å². The van der Waals surface area contributed by atoms with E-state index in [0.29, 0.717) is 0 Å². The van der Waals surface area contributed by atoms with Crippen molar-refractivity contribution in [1.82, 2.24) is 0 Å². The minimum absolute atomic E-state index is 0.0537. The molecular weight excluding hydrogens is 310 g/mol. The van der Waals surface area contributed by atoms with Crippen molar-refractivity contribution in [1.29, 1.82) is 0 Å². The van der Waals surface area contributed by atoms with E-state index in [2.05, 4.69) is 34.2 Å². The molecule has 2 aromatic rings. The minimum Gasteiger partial charge on any atom is -0.321 e. The third-order valence-corrected chi connectivity index (χ3v) is 4.81. The predicted molar refractivity (Wildman–Crippen MR) is 80.5 cm³/mol. The minimum atomic E-state index is -0.0537. The number of rotatable bonds is 3. The van der Waals surface area contributed by atoms with Crippen molar-refractivity contribution in [3.63, 3.8) is 0 Å². The van der Waals surface area contributed by atoms with E-state index in [9.17, 15) is 4.79 Å². The van der Waals surface area contributed by atoms with Crippen molar-refractivity contribution >= 4 is 38.9 Å². The number of carbonyl (C=O) groups is 1. The second kappa shape index (κ2) is 5.67. The fourth-order valence-electron chi connectivity index (χ4n) is 1.63. The van der Waals surface area contributed by atoms with Crippen LogP contribution in [0.1, 0.15) is 27.7 Å². The summed E-state index contributed by atoms with van der Waals surface area (Å²) in [4.78, 5) is 12.8. The molecule has 4 heteroatoms. The first-order chi connectivity index (χ1) is 8.60. The molecule has 0 aliphatic heterocycles. The number of halogens is 1. The Kier molecular flexibility index (Phi) is 4.19. The van der Waals surface area contributed by atoms with Crippen molar-refractivity contribution in [2.45, 2.75) is 20.3 Å². The second-order valence-electron chi connectivity index (χ2n) is 4.08. The van der Waals surface area contributed by atoms with Gasteiger partial charge < -0.3 is 5.32 Å². The van der Waals surface area contributed by atoms with Crippen LogP contribution in [0, 0.1) is 6.92 Å². The zero-order chi connectivity index (χ0) is 13.1. The number of nitrogens with one attached hydrogen (secondary N) is 1. The smallest absolute Gasteiger partial charge is 0.265 e. The molecule has 0 fully saturated rings. The van der Waals surface area contributed by atoms with E-state index in [-0.39, 0.29) is 5.91 Å². The summed E-state index contributed by atoms with van der Waals surface area (Å²) in [5.74, 6) is -0.0537. The lowest BCUT2D eigenvalue weighted by molar-refractivity contribution is 0.103. The van der Waals surface area contributed by atoms with Gasteiger partial charge in [-0.3, -0.25) is 4.79 Å². The molecule has 0 spiro atoms. The molecule has 0 bridgehead atoms. The van der Waals surface area contributed by atoms with Crippen LogP contribution in [-0.4, -0.2) is 5.91 Å². The highest BCUT2D eigenvalue weighted by atomic mass is 79.9. The van der Waals surface area contributed by atoms with Gasteiger partial charge in [0.15, 0.2) is 0 Å². The summed E-state index contributed by atoms with van der Waals surface area (Å²) in [6.45, 7) is 4.08. The molecular formula is C14H14BrNOS. The van der Waals surface area contributed by atoms with Gasteiger partial charge in [-0.25, -0.2) is 0 Å². The first kappa shape index (κ1) is 13.3. The quantitative estimate of drug-likeness (QED) is 0.876. The average Bonchev–Trinajstić information content (AvgIpc) is 2.70. The molecule has 1 aromatic carbocycles. The Bertz CT molecular complexity index is 557. The molecule has 2 nitrogen and oxygen atoms in total. The highest BCUT2D eigenvalue weighted by Gasteiger charge is 2.11. The van der Waals surface area contributed by atoms with Crippen LogP contribution in [-0.2, 0) is 6.42 Å². The molecule has 0 aliphatic rings. The van der Waals surface area contributed by atoms with E-state index in [1.54, 1.807) is 0 Å². The molecule has 2 rings (SSSR count). The van der Waals surface area contributed by atoms with E-state index in [1.807, 2.05) is 31.2 Å². The third kappa shape index (κ3) is 3.00. The van der Waals surface area contributed by atoms with Gasteiger partial charge in [0.25, 0.3) is 5.91 Å². The number of carbonyl (C=O) groups excluding carboxylic acids is 1. The average molecular weight is 324 g/mol. The zero-order valence-corrected chi connectivity index (χ0v) is 12.7. The summed E-state index contributed by atoms with van der Waals surface area (Å²) in [5, 5.41) is 2.92. The lowest BCUT2D eigenvalue weighted by atomic mass is 10.1. The van der Waals surface area contributed by atoms with Crippen LogP contribution in [0.15, 0.2) is 34.1 Å². The van der Waals surface area contributed by atoms with Crippen molar-refractivity contribution in [3.05, 3.63) is 50.1 Å². The van der Waals surface area contributed by atoms with E-state index in [1.165, 1.54) is 16.9 Å². The number of anilines is 1. The summed E-state index contributed by atoms with van der Waals surface area (Å²) < 4.78 is 1.01. The van der Waals surface area contributed by atoms with Crippen LogP contribution < -0.4 is 5.32 Å². The molecule has 0 saturated carbocycles. The number of aryl methyl sites for hydroxylation is 2. The van der Waals surface area contributed by atoms with Gasteiger partial charge in [0.1, 0.15) is 0 Å². The molecule has 18 heavy (non-hydrogen) atoms. The van der Waals surface area contributed by atoms with Crippen LogP contribution in [0.3, 0.4) is 0 Å². The summed E-state index contributed by atoms with van der Waals surface area (Å²) >= 11 is 4.89. The van der Waals surface area contributed by atoms with Gasteiger partial charge in [0, 0.05) is 5.69 Å². The number of thiophene rings is 1. The maximum atomic E-state index is 12.1. The molecule has 94 valence electrons. The summed E-state index contributed by atoms with van der Waals surface area (Å²) in [6.07, 6.45) is 0.966. The first-order valence-electron chi connectivity index (χ1n) is 5.76. The van der Waals surface area contributed by atoms with E-state index >= 15 is 0 Å². The SMILES string of the molecule is CCc1cccc(NC(=O)c2cc(C)c(Br)s2)c1. The Labute approximate surface area is 119 Å². The highest BCUT2D eigenvalue weighted by molar-refractivity contribution is 9.11. The van der Waals surface area contributed by atoms with Gasteiger partial charge in [0.2, 0.25) is 0 Å². The molecule has 1 amide bonds. The van der Waals surface area contributed by atoms with E-state index in [4.69, 9.17) is 0 Å². The molecule has 0 radical (unpaired) electrons. The molecule has 0 atom stereocenters. The Hall–Kier alpha value is -1.13. The van der Waals surface area contributed by atoms with Gasteiger partial charge in [-0.15, -0.1) is 11.3 Å². The predicted octanol–water partition coefficient (Wildman–Crippen LogP) is 4.63. The first-order valence-corrected chi connectivity index (χ1v) is 7.37. The largest absolute Gasteiger partial charge is 0.321 e. The lowest BCUT2D eigenvalue weighted by Gasteiger charge is -2.05. The number of hydrogen-bond acceptors (Lipinski definition) is 2. The standard InChI is InChI=1S/C14H14BrNOS/c1-3-10-5-4-6-11(8-10)16-14(17)12-7-9(2)13(15)18-12/h4-8H,3H2,1-2H3,(H,16,17). The van der Waals surface area contributed by atoms with Gasteiger partial charge in [-0.1, -0.05) is 19.1 Å². The molecule has 0 aliphatic carbocycles. The van der Waals surface area contributed by atoms with Crippen molar-refractivity contribution in [3.8, 4) is 0 Å². The van der Waals surface area contributed by atoms with Gasteiger partial charge in [0.05, 0.1) is 8.66 Å². The molecule has 1 heterocycles. The van der Waals surface area contributed by atoms with Gasteiger partial charge >= 0.3 is 0 Å². The summed E-state index contributed by atoms with van der Waals surface area (Å²) in [7, 11) is 0. The normalized spacial score (nSPS) is 10.4. The van der Waals surface area contributed by atoms with Gasteiger partial charge in [-0.2, -0.15) is 0 Å². The monoisotopic (exact) mass is 323 g/mol. The fraction of sp³-hybridized carbons (Fsp3) is 0.214. The Balaban J connectivity index is 2.15. The van der Waals surface area contributed by atoms with Crippen molar-refractivity contribution < 1.29 is 4.79 Å². The van der Waals surface area contributed by atoms with Crippen LogP contribution in [0.4, 0.5) is 5.69 Å². The van der Waals surface area contributed by atoms with Crippen LogP contribution in [0.25, 0.3) is 0 Å².